The van der Waals surface area contributed by atoms with Crippen molar-refractivity contribution < 1.29 is 4.74 Å². The van der Waals surface area contributed by atoms with Gasteiger partial charge in [0.25, 0.3) is 0 Å². The Labute approximate surface area is 155 Å². The van der Waals surface area contributed by atoms with Crippen LogP contribution in [-0.2, 0) is 0 Å². The van der Waals surface area contributed by atoms with Gasteiger partial charge in [0.15, 0.2) is 0 Å². The van der Waals surface area contributed by atoms with Crippen molar-refractivity contribution in [3.05, 3.63) is 48.0 Å². The van der Waals surface area contributed by atoms with Gasteiger partial charge in [0.05, 0.1) is 18.0 Å². The molecule has 2 N–H and O–H groups in total. The van der Waals surface area contributed by atoms with E-state index in [4.69, 9.17) is 4.74 Å². The maximum absolute atomic E-state index is 5.68. The number of benzene rings is 2. The van der Waals surface area contributed by atoms with Crippen LogP contribution in [0.3, 0.4) is 0 Å². The average molecular weight is 352 g/mol. The molecular formula is C21H28N4O. The van der Waals surface area contributed by atoms with Crippen molar-refractivity contribution in [3.8, 4) is 5.75 Å². The molecule has 1 saturated heterocycles. The summed E-state index contributed by atoms with van der Waals surface area (Å²) in [6.07, 6.45) is 1.13. The first kappa shape index (κ1) is 17.0. The van der Waals surface area contributed by atoms with E-state index in [2.05, 4.69) is 64.7 Å². The van der Waals surface area contributed by atoms with Crippen LogP contribution in [0, 0.1) is 0 Å². The Hall–Kier alpha value is -2.40. The van der Waals surface area contributed by atoms with Crippen molar-refractivity contribution in [2.75, 3.05) is 55.4 Å². The maximum Gasteiger partial charge on any atom is 0.123 e. The van der Waals surface area contributed by atoms with Gasteiger partial charge in [0, 0.05) is 31.9 Å². The number of rotatable bonds is 5. The molecule has 0 aliphatic carbocycles. The normalized spacial score (nSPS) is 19.6. The molecule has 2 aromatic carbocycles. The predicted molar refractivity (Wildman–Crippen MR) is 108 cm³/mol. The van der Waals surface area contributed by atoms with Gasteiger partial charge in [-0.15, -0.1) is 0 Å². The number of likely N-dealkylation sites (N-methyl/N-ethyl adjacent to an activating group) is 1. The van der Waals surface area contributed by atoms with Gasteiger partial charge in [-0.25, -0.2) is 0 Å². The molecule has 0 spiro atoms. The van der Waals surface area contributed by atoms with Gasteiger partial charge >= 0.3 is 0 Å². The number of nitrogens with zero attached hydrogens (tertiary/aromatic N) is 2. The fourth-order valence-corrected chi connectivity index (χ4v) is 3.53. The van der Waals surface area contributed by atoms with Crippen molar-refractivity contribution >= 4 is 17.1 Å². The summed E-state index contributed by atoms with van der Waals surface area (Å²) in [6, 6.07) is 15.0. The van der Waals surface area contributed by atoms with E-state index in [-0.39, 0.29) is 6.17 Å². The van der Waals surface area contributed by atoms with E-state index < -0.39 is 0 Å². The molecule has 0 aromatic heterocycles. The lowest BCUT2D eigenvalue weighted by Crippen LogP contribution is -2.44. The minimum Gasteiger partial charge on any atom is -0.494 e. The van der Waals surface area contributed by atoms with E-state index in [0.29, 0.717) is 0 Å². The average Bonchev–Trinajstić information content (AvgIpc) is 3.10. The monoisotopic (exact) mass is 352 g/mol. The van der Waals surface area contributed by atoms with Crippen LogP contribution in [0.25, 0.3) is 0 Å². The summed E-state index contributed by atoms with van der Waals surface area (Å²) >= 11 is 0. The first-order chi connectivity index (χ1) is 12.7. The van der Waals surface area contributed by atoms with Crippen LogP contribution in [0.15, 0.2) is 42.5 Å². The SMILES string of the molecule is CCCOc1ccc(C2Nc3ccc(N4CCN(C)CC4)cc3N2)cc1. The third-order valence-electron chi connectivity index (χ3n) is 5.16. The Balaban J connectivity index is 1.43. The molecule has 5 heteroatoms. The summed E-state index contributed by atoms with van der Waals surface area (Å²) in [7, 11) is 2.19. The highest BCUT2D eigenvalue weighted by Gasteiger charge is 2.23. The van der Waals surface area contributed by atoms with Crippen LogP contribution in [0.2, 0.25) is 0 Å². The van der Waals surface area contributed by atoms with Crippen LogP contribution in [0.1, 0.15) is 25.1 Å². The molecule has 26 heavy (non-hydrogen) atoms. The van der Waals surface area contributed by atoms with E-state index in [1.807, 2.05) is 12.1 Å². The molecule has 1 fully saturated rings. The third-order valence-corrected chi connectivity index (χ3v) is 5.16. The minimum absolute atomic E-state index is 0.105. The molecule has 0 bridgehead atoms. The maximum atomic E-state index is 5.68. The Morgan fingerprint density at radius 1 is 0.962 bits per heavy atom. The smallest absolute Gasteiger partial charge is 0.123 e. The summed E-state index contributed by atoms with van der Waals surface area (Å²) in [4.78, 5) is 4.85. The summed E-state index contributed by atoms with van der Waals surface area (Å²) < 4.78 is 5.68. The van der Waals surface area contributed by atoms with Crippen LogP contribution >= 0.6 is 0 Å². The molecule has 0 amide bonds. The molecule has 4 rings (SSSR count). The minimum atomic E-state index is 0.105. The lowest BCUT2D eigenvalue weighted by atomic mass is 10.1. The zero-order chi connectivity index (χ0) is 17.9. The molecule has 0 radical (unpaired) electrons. The first-order valence-electron chi connectivity index (χ1n) is 9.56. The van der Waals surface area contributed by atoms with E-state index in [9.17, 15) is 0 Å². The van der Waals surface area contributed by atoms with Crippen LogP contribution < -0.4 is 20.3 Å². The Bertz CT molecular complexity index is 738. The standard InChI is InChI=1S/C21H28N4O/c1-3-14-26-18-7-4-16(5-8-18)21-22-19-9-6-17(15-20(19)23-21)25-12-10-24(2)11-13-25/h4-9,15,21-23H,3,10-14H2,1-2H3. The van der Waals surface area contributed by atoms with Gasteiger partial charge < -0.3 is 25.2 Å². The highest BCUT2D eigenvalue weighted by Crippen LogP contribution is 2.38. The molecule has 1 atom stereocenters. The second-order valence-electron chi connectivity index (χ2n) is 7.16. The molecule has 2 aliphatic heterocycles. The number of piperazine rings is 1. The van der Waals surface area contributed by atoms with Gasteiger partial charge in [0.2, 0.25) is 0 Å². The van der Waals surface area contributed by atoms with Gasteiger partial charge in [-0.2, -0.15) is 0 Å². The van der Waals surface area contributed by atoms with Gasteiger partial charge in [-0.1, -0.05) is 19.1 Å². The molecule has 1 unspecified atom stereocenters. The number of fused-ring (bicyclic) bond motifs is 1. The predicted octanol–water partition coefficient (Wildman–Crippen LogP) is 3.76. The summed E-state index contributed by atoms with van der Waals surface area (Å²) in [5.74, 6) is 0.934. The van der Waals surface area contributed by atoms with E-state index >= 15 is 0 Å². The number of nitrogens with one attached hydrogen (secondary N) is 2. The molecule has 0 saturated carbocycles. The Morgan fingerprint density at radius 3 is 2.42 bits per heavy atom. The quantitative estimate of drug-likeness (QED) is 0.857. The largest absolute Gasteiger partial charge is 0.494 e. The lowest BCUT2D eigenvalue weighted by molar-refractivity contribution is 0.313. The van der Waals surface area contributed by atoms with Gasteiger partial charge in [-0.3, -0.25) is 0 Å². The van der Waals surface area contributed by atoms with Gasteiger partial charge in [0.1, 0.15) is 11.9 Å². The van der Waals surface area contributed by atoms with Crippen molar-refractivity contribution in [2.45, 2.75) is 19.5 Å². The third kappa shape index (κ3) is 3.58. The van der Waals surface area contributed by atoms with Crippen LogP contribution in [0.5, 0.6) is 5.75 Å². The molecule has 2 heterocycles. The molecule has 2 aromatic rings. The van der Waals surface area contributed by atoms with Crippen LogP contribution in [0.4, 0.5) is 17.1 Å². The van der Waals surface area contributed by atoms with Crippen molar-refractivity contribution in [1.82, 2.24) is 4.90 Å². The number of hydrogen-bond donors (Lipinski definition) is 2. The fraction of sp³-hybridized carbons (Fsp3) is 0.429. The van der Waals surface area contributed by atoms with E-state index in [0.717, 1.165) is 45.0 Å². The Kier molecular flexibility index (Phi) is 4.89. The summed E-state index contributed by atoms with van der Waals surface area (Å²) in [6.45, 7) is 7.31. The molecule has 2 aliphatic rings. The van der Waals surface area contributed by atoms with Gasteiger partial charge in [-0.05, 0) is 49.4 Å². The van der Waals surface area contributed by atoms with Crippen LogP contribution in [-0.4, -0.2) is 44.7 Å². The highest BCUT2D eigenvalue weighted by molar-refractivity contribution is 5.79. The van der Waals surface area contributed by atoms with Crippen molar-refractivity contribution in [1.29, 1.82) is 0 Å². The fourth-order valence-electron chi connectivity index (χ4n) is 3.53. The van der Waals surface area contributed by atoms with E-state index in [1.54, 1.807) is 0 Å². The molecular weight excluding hydrogens is 324 g/mol. The second-order valence-corrected chi connectivity index (χ2v) is 7.16. The highest BCUT2D eigenvalue weighted by atomic mass is 16.5. The first-order valence-corrected chi connectivity index (χ1v) is 9.56. The second kappa shape index (κ2) is 7.46. The van der Waals surface area contributed by atoms with Crippen molar-refractivity contribution in [2.24, 2.45) is 0 Å². The number of anilines is 3. The summed E-state index contributed by atoms with van der Waals surface area (Å²) in [5, 5.41) is 7.18. The topological polar surface area (TPSA) is 39.8 Å². The van der Waals surface area contributed by atoms with E-state index in [1.165, 1.54) is 22.6 Å². The van der Waals surface area contributed by atoms with Crippen molar-refractivity contribution in [3.63, 3.8) is 0 Å². The zero-order valence-electron chi connectivity index (χ0n) is 15.7. The molecule has 5 nitrogen and oxygen atoms in total. The number of hydrogen-bond acceptors (Lipinski definition) is 5. The lowest BCUT2D eigenvalue weighted by Gasteiger charge is -2.34. The zero-order valence-corrected chi connectivity index (χ0v) is 15.7. The Morgan fingerprint density at radius 2 is 1.69 bits per heavy atom. The summed E-state index contributed by atoms with van der Waals surface area (Å²) in [5.41, 5.74) is 4.86. The molecule has 138 valence electrons. The number of ether oxygens (including phenoxy) is 1.